The standard InChI is InChI=1S/C16H21N3O/c1-15(2,12-7-5-4-6-8-12)13-18-14(20-19-13)16(3)9-10-17-11-16/h4-8,17H,9-11H2,1-3H3. The molecule has 0 bridgehead atoms. The lowest BCUT2D eigenvalue weighted by atomic mass is 9.83. The van der Waals surface area contributed by atoms with E-state index >= 15 is 0 Å². The Morgan fingerprint density at radius 2 is 2.00 bits per heavy atom. The lowest BCUT2D eigenvalue weighted by Gasteiger charge is -2.21. The van der Waals surface area contributed by atoms with Crippen LogP contribution in [-0.4, -0.2) is 23.2 Å². The fourth-order valence-electron chi connectivity index (χ4n) is 2.71. The second-order valence-electron chi connectivity index (χ2n) is 6.40. The quantitative estimate of drug-likeness (QED) is 0.932. The Labute approximate surface area is 119 Å². The Morgan fingerprint density at radius 1 is 1.25 bits per heavy atom. The van der Waals surface area contributed by atoms with Crippen molar-refractivity contribution in [1.29, 1.82) is 0 Å². The molecule has 106 valence electrons. The second kappa shape index (κ2) is 4.70. The fourth-order valence-corrected chi connectivity index (χ4v) is 2.71. The normalized spacial score (nSPS) is 23.1. The van der Waals surface area contributed by atoms with Gasteiger partial charge in [0.15, 0.2) is 5.82 Å². The first-order valence-electron chi connectivity index (χ1n) is 7.13. The maximum absolute atomic E-state index is 5.56. The molecule has 0 amide bonds. The minimum Gasteiger partial charge on any atom is -0.339 e. The van der Waals surface area contributed by atoms with Crippen LogP contribution in [0, 0.1) is 0 Å². The van der Waals surface area contributed by atoms with Gasteiger partial charge in [-0.15, -0.1) is 0 Å². The van der Waals surface area contributed by atoms with Gasteiger partial charge >= 0.3 is 0 Å². The highest BCUT2D eigenvalue weighted by Crippen LogP contribution is 2.33. The van der Waals surface area contributed by atoms with Gasteiger partial charge in [0, 0.05) is 6.54 Å². The van der Waals surface area contributed by atoms with Crippen LogP contribution in [0.3, 0.4) is 0 Å². The largest absolute Gasteiger partial charge is 0.339 e. The molecule has 1 saturated heterocycles. The van der Waals surface area contributed by atoms with E-state index in [1.807, 2.05) is 18.2 Å². The Hall–Kier alpha value is -1.68. The number of hydrogen-bond acceptors (Lipinski definition) is 4. The molecule has 1 aromatic heterocycles. The van der Waals surface area contributed by atoms with Gasteiger partial charge in [-0.25, -0.2) is 0 Å². The molecule has 1 unspecified atom stereocenters. The average molecular weight is 271 g/mol. The molecule has 1 aliphatic heterocycles. The average Bonchev–Trinajstić information content (AvgIpc) is 3.09. The van der Waals surface area contributed by atoms with Gasteiger partial charge in [0.05, 0.1) is 10.8 Å². The summed E-state index contributed by atoms with van der Waals surface area (Å²) in [4.78, 5) is 4.69. The van der Waals surface area contributed by atoms with Crippen LogP contribution in [0.2, 0.25) is 0 Å². The summed E-state index contributed by atoms with van der Waals surface area (Å²) < 4.78 is 5.56. The second-order valence-corrected chi connectivity index (χ2v) is 6.40. The molecule has 1 aromatic carbocycles. The van der Waals surface area contributed by atoms with Crippen molar-refractivity contribution in [3.8, 4) is 0 Å². The molecule has 0 aliphatic carbocycles. The molecule has 1 aliphatic rings. The first-order chi connectivity index (χ1) is 9.52. The maximum Gasteiger partial charge on any atom is 0.233 e. The van der Waals surface area contributed by atoms with Crippen LogP contribution in [0.1, 0.15) is 44.5 Å². The van der Waals surface area contributed by atoms with E-state index in [2.05, 4.69) is 43.4 Å². The Balaban J connectivity index is 1.94. The van der Waals surface area contributed by atoms with E-state index in [0.717, 1.165) is 31.2 Å². The molecule has 4 heteroatoms. The van der Waals surface area contributed by atoms with Crippen LogP contribution < -0.4 is 5.32 Å². The molecule has 0 radical (unpaired) electrons. The third-order valence-corrected chi connectivity index (χ3v) is 4.37. The SMILES string of the molecule is CC1(c2nc(C(C)(C)c3ccccc3)no2)CCNC1. The predicted molar refractivity (Wildman–Crippen MR) is 77.7 cm³/mol. The number of aromatic nitrogens is 2. The molecule has 2 aromatic rings. The molecule has 1 fully saturated rings. The van der Waals surface area contributed by atoms with Gasteiger partial charge in [-0.2, -0.15) is 4.98 Å². The molecular weight excluding hydrogens is 250 g/mol. The lowest BCUT2D eigenvalue weighted by Crippen LogP contribution is -2.26. The molecule has 1 N–H and O–H groups in total. The zero-order valence-electron chi connectivity index (χ0n) is 12.3. The summed E-state index contributed by atoms with van der Waals surface area (Å²) in [6, 6.07) is 10.3. The van der Waals surface area contributed by atoms with E-state index in [1.165, 1.54) is 5.56 Å². The van der Waals surface area contributed by atoms with Crippen molar-refractivity contribution < 1.29 is 4.52 Å². The first kappa shape index (κ1) is 13.3. The summed E-state index contributed by atoms with van der Waals surface area (Å²) >= 11 is 0. The highest BCUT2D eigenvalue weighted by molar-refractivity contribution is 5.30. The summed E-state index contributed by atoms with van der Waals surface area (Å²) in [7, 11) is 0. The Bertz CT molecular complexity index is 583. The molecule has 3 rings (SSSR count). The van der Waals surface area contributed by atoms with Gasteiger partial charge in [-0.1, -0.05) is 35.5 Å². The molecule has 4 nitrogen and oxygen atoms in total. The van der Waals surface area contributed by atoms with E-state index in [9.17, 15) is 0 Å². The third-order valence-electron chi connectivity index (χ3n) is 4.37. The monoisotopic (exact) mass is 271 g/mol. The van der Waals surface area contributed by atoms with E-state index < -0.39 is 0 Å². The zero-order chi connectivity index (χ0) is 14.2. The molecule has 20 heavy (non-hydrogen) atoms. The highest BCUT2D eigenvalue weighted by atomic mass is 16.5. The van der Waals surface area contributed by atoms with Gasteiger partial charge in [-0.3, -0.25) is 0 Å². The highest BCUT2D eigenvalue weighted by Gasteiger charge is 2.38. The molecular formula is C16H21N3O. The zero-order valence-corrected chi connectivity index (χ0v) is 12.3. The van der Waals surface area contributed by atoms with Gasteiger partial charge < -0.3 is 9.84 Å². The number of hydrogen-bond donors (Lipinski definition) is 1. The van der Waals surface area contributed by atoms with Crippen molar-refractivity contribution in [3.63, 3.8) is 0 Å². The van der Waals surface area contributed by atoms with Crippen LogP contribution in [0.4, 0.5) is 0 Å². The van der Waals surface area contributed by atoms with Crippen LogP contribution in [0.15, 0.2) is 34.9 Å². The fraction of sp³-hybridized carbons (Fsp3) is 0.500. The molecule has 1 atom stereocenters. The molecule has 0 spiro atoms. The predicted octanol–water partition coefficient (Wildman–Crippen LogP) is 2.65. The third kappa shape index (κ3) is 2.14. The van der Waals surface area contributed by atoms with Crippen LogP contribution in [0.25, 0.3) is 0 Å². The molecule has 0 saturated carbocycles. The van der Waals surface area contributed by atoms with Gasteiger partial charge in [-0.05, 0) is 39.3 Å². The number of benzene rings is 1. The van der Waals surface area contributed by atoms with Crippen LogP contribution >= 0.6 is 0 Å². The van der Waals surface area contributed by atoms with Crippen molar-refractivity contribution >= 4 is 0 Å². The van der Waals surface area contributed by atoms with Gasteiger partial charge in [0.25, 0.3) is 0 Å². The van der Waals surface area contributed by atoms with E-state index in [4.69, 9.17) is 9.51 Å². The smallest absolute Gasteiger partial charge is 0.233 e. The number of rotatable bonds is 3. The summed E-state index contributed by atoms with van der Waals surface area (Å²) in [6.45, 7) is 8.36. The summed E-state index contributed by atoms with van der Waals surface area (Å²) in [5.41, 5.74) is 0.922. The summed E-state index contributed by atoms with van der Waals surface area (Å²) in [5, 5.41) is 7.60. The van der Waals surface area contributed by atoms with Crippen molar-refractivity contribution in [2.45, 2.75) is 38.0 Å². The van der Waals surface area contributed by atoms with E-state index in [0.29, 0.717) is 0 Å². The van der Waals surface area contributed by atoms with Crippen molar-refractivity contribution in [2.24, 2.45) is 0 Å². The van der Waals surface area contributed by atoms with Crippen molar-refractivity contribution in [2.75, 3.05) is 13.1 Å². The van der Waals surface area contributed by atoms with E-state index in [-0.39, 0.29) is 10.8 Å². The lowest BCUT2D eigenvalue weighted by molar-refractivity contribution is 0.302. The summed E-state index contributed by atoms with van der Waals surface area (Å²) in [6.07, 6.45) is 1.04. The molecule has 2 heterocycles. The maximum atomic E-state index is 5.56. The van der Waals surface area contributed by atoms with E-state index in [1.54, 1.807) is 0 Å². The van der Waals surface area contributed by atoms with Gasteiger partial charge in [0.2, 0.25) is 5.89 Å². The number of nitrogens with zero attached hydrogens (tertiary/aromatic N) is 2. The Kier molecular flexibility index (Phi) is 3.13. The minimum atomic E-state index is -0.245. The van der Waals surface area contributed by atoms with Gasteiger partial charge in [0.1, 0.15) is 0 Å². The number of nitrogens with one attached hydrogen (secondary N) is 1. The minimum absolute atomic E-state index is 0.0297. The summed E-state index contributed by atoms with van der Waals surface area (Å²) in [5.74, 6) is 1.51. The first-order valence-corrected chi connectivity index (χ1v) is 7.13. The topological polar surface area (TPSA) is 51.0 Å². The van der Waals surface area contributed by atoms with Crippen molar-refractivity contribution in [3.05, 3.63) is 47.6 Å². The Morgan fingerprint density at radius 3 is 2.65 bits per heavy atom. The van der Waals surface area contributed by atoms with Crippen LogP contribution in [-0.2, 0) is 10.8 Å². The van der Waals surface area contributed by atoms with Crippen molar-refractivity contribution in [1.82, 2.24) is 15.5 Å². The van der Waals surface area contributed by atoms with Crippen LogP contribution in [0.5, 0.6) is 0 Å².